The summed E-state index contributed by atoms with van der Waals surface area (Å²) < 4.78 is 13.0. The largest absolute Gasteiger partial charge is 0.354 e. The highest BCUT2D eigenvalue weighted by atomic mass is 35.5. The van der Waals surface area contributed by atoms with Crippen molar-refractivity contribution in [3.8, 4) is 0 Å². The molecule has 0 aliphatic carbocycles. The highest BCUT2D eigenvalue weighted by Crippen LogP contribution is 2.17. The summed E-state index contributed by atoms with van der Waals surface area (Å²) in [7, 11) is 2.12. The number of hydrogen-bond donors (Lipinski definition) is 1. The number of nitrogens with one attached hydrogen (secondary N) is 1. The maximum Gasteiger partial charge on any atom is 0.253 e. The molecule has 1 saturated heterocycles. The first-order valence-electron chi connectivity index (χ1n) is 8.14. The highest BCUT2D eigenvalue weighted by Gasteiger charge is 2.15. The van der Waals surface area contributed by atoms with Gasteiger partial charge in [-0.1, -0.05) is 17.7 Å². The Balaban J connectivity index is 1.57. The summed E-state index contributed by atoms with van der Waals surface area (Å²) in [5, 5.41) is 2.87. The molecule has 0 unspecified atom stereocenters. The Kier molecular flexibility index (Phi) is 5.50. The van der Waals surface area contributed by atoms with Crippen molar-refractivity contribution in [1.82, 2.24) is 15.2 Å². The van der Waals surface area contributed by atoms with Crippen molar-refractivity contribution in [2.75, 3.05) is 38.1 Å². The summed E-state index contributed by atoms with van der Waals surface area (Å²) in [4.78, 5) is 21.2. The number of amides is 1. The molecule has 0 saturated carbocycles. The van der Waals surface area contributed by atoms with Gasteiger partial charge in [0.15, 0.2) is 0 Å². The molecule has 1 aromatic carbocycles. The average molecular weight is 363 g/mol. The number of pyridine rings is 1. The molecule has 1 amide bonds. The van der Waals surface area contributed by atoms with Crippen molar-refractivity contribution in [2.24, 2.45) is 0 Å². The molecule has 1 aromatic heterocycles. The highest BCUT2D eigenvalue weighted by molar-refractivity contribution is 6.33. The van der Waals surface area contributed by atoms with Crippen molar-refractivity contribution in [1.29, 1.82) is 0 Å². The van der Waals surface area contributed by atoms with Gasteiger partial charge in [-0.15, -0.1) is 0 Å². The van der Waals surface area contributed by atoms with E-state index in [-0.39, 0.29) is 16.5 Å². The molecule has 132 valence electrons. The van der Waals surface area contributed by atoms with Gasteiger partial charge in [-0.2, -0.15) is 0 Å². The van der Waals surface area contributed by atoms with Crippen LogP contribution in [0.15, 0.2) is 36.5 Å². The summed E-state index contributed by atoms with van der Waals surface area (Å²) >= 11 is 5.90. The fourth-order valence-corrected chi connectivity index (χ4v) is 2.95. The van der Waals surface area contributed by atoms with E-state index in [4.69, 9.17) is 11.6 Å². The van der Waals surface area contributed by atoms with Crippen LogP contribution in [0.2, 0.25) is 5.02 Å². The number of nitrogens with zero attached hydrogens (tertiary/aromatic N) is 3. The Labute approximate surface area is 151 Å². The van der Waals surface area contributed by atoms with Gasteiger partial charge in [0.05, 0.1) is 10.6 Å². The summed E-state index contributed by atoms with van der Waals surface area (Å²) in [6.45, 7) is 4.31. The smallest absolute Gasteiger partial charge is 0.253 e. The molecule has 3 rings (SSSR count). The zero-order valence-corrected chi connectivity index (χ0v) is 14.8. The molecule has 5 nitrogen and oxygen atoms in total. The van der Waals surface area contributed by atoms with E-state index in [1.807, 2.05) is 12.1 Å². The predicted octanol–water partition coefficient (Wildman–Crippen LogP) is 2.56. The number of aromatic nitrogens is 1. The van der Waals surface area contributed by atoms with Gasteiger partial charge in [-0.25, -0.2) is 9.37 Å². The number of hydrogen-bond acceptors (Lipinski definition) is 4. The molecule has 0 radical (unpaired) electrons. The topological polar surface area (TPSA) is 48.5 Å². The molecule has 2 aromatic rings. The molecule has 1 fully saturated rings. The molecule has 1 aliphatic heterocycles. The molecule has 0 bridgehead atoms. The molecular weight excluding hydrogens is 343 g/mol. The number of benzene rings is 1. The summed E-state index contributed by atoms with van der Waals surface area (Å²) in [6.07, 6.45) is 1.76. The van der Waals surface area contributed by atoms with Crippen LogP contribution in [0.3, 0.4) is 0 Å². The van der Waals surface area contributed by atoms with Crippen LogP contribution in [-0.2, 0) is 6.54 Å². The molecule has 7 heteroatoms. The average Bonchev–Trinajstić information content (AvgIpc) is 2.61. The number of likely N-dealkylation sites (N-methyl/N-ethyl adjacent to an activating group) is 1. The number of rotatable bonds is 4. The van der Waals surface area contributed by atoms with E-state index in [2.05, 4.69) is 27.1 Å². The lowest BCUT2D eigenvalue weighted by molar-refractivity contribution is 0.0951. The number of anilines is 1. The number of piperazine rings is 1. The van der Waals surface area contributed by atoms with Gasteiger partial charge in [0.25, 0.3) is 5.91 Å². The zero-order chi connectivity index (χ0) is 17.8. The third-order valence-corrected chi connectivity index (χ3v) is 4.58. The quantitative estimate of drug-likeness (QED) is 0.908. The minimum atomic E-state index is -0.467. The maximum atomic E-state index is 13.0. The Morgan fingerprint density at radius 1 is 1.24 bits per heavy atom. The number of carbonyl (C=O) groups is 1. The Morgan fingerprint density at radius 2 is 2.00 bits per heavy atom. The monoisotopic (exact) mass is 362 g/mol. The van der Waals surface area contributed by atoms with Crippen molar-refractivity contribution in [3.05, 3.63) is 58.5 Å². The lowest BCUT2D eigenvalue weighted by Crippen LogP contribution is -2.44. The van der Waals surface area contributed by atoms with Crippen LogP contribution >= 0.6 is 11.6 Å². The van der Waals surface area contributed by atoms with E-state index >= 15 is 0 Å². The summed E-state index contributed by atoms with van der Waals surface area (Å²) in [5.74, 6) is 0.142. The van der Waals surface area contributed by atoms with Crippen molar-refractivity contribution in [3.63, 3.8) is 0 Å². The number of carbonyl (C=O) groups excluding carboxylic acids is 1. The van der Waals surface area contributed by atoms with E-state index in [9.17, 15) is 9.18 Å². The van der Waals surface area contributed by atoms with Crippen LogP contribution in [0.4, 0.5) is 10.2 Å². The van der Waals surface area contributed by atoms with E-state index in [0.29, 0.717) is 6.54 Å². The molecule has 2 heterocycles. The predicted molar refractivity (Wildman–Crippen MR) is 96.5 cm³/mol. The molecule has 25 heavy (non-hydrogen) atoms. The van der Waals surface area contributed by atoms with Gasteiger partial charge >= 0.3 is 0 Å². The van der Waals surface area contributed by atoms with Gasteiger partial charge in [0.2, 0.25) is 0 Å². The van der Waals surface area contributed by atoms with E-state index in [1.54, 1.807) is 6.20 Å². The second kappa shape index (κ2) is 7.80. The Hall–Kier alpha value is -2.18. The van der Waals surface area contributed by atoms with Crippen LogP contribution in [0.25, 0.3) is 0 Å². The van der Waals surface area contributed by atoms with Gasteiger partial charge in [0.1, 0.15) is 11.6 Å². The Morgan fingerprint density at radius 3 is 2.64 bits per heavy atom. The molecule has 1 N–H and O–H groups in total. The standard InChI is InChI=1S/C18H20ClFN4O/c1-23-6-8-24(9-7-23)17-5-2-13(11-21-17)12-22-18(25)15-4-3-14(20)10-16(15)19/h2-5,10-11H,6-9,12H2,1H3,(H,22,25). The van der Waals surface area contributed by atoms with Gasteiger partial charge in [-0.3, -0.25) is 4.79 Å². The van der Waals surface area contributed by atoms with Crippen LogP contribution in [0.1, 0.15) is 15.9 Å². The van der Waals surface area contributed by atoms with Crippen molar-refractivity contribution < 1.29 is 9.18 Å². The van der Waals surface area contributed by atoms with Crippen LogP contribution in [0.5, 0.6) is 0 Å². The van der Waals surface area contributed by atoms with Crippen LogP contribution < -0.4 is 10.2 Å². The van der Waals surface area contributed by atoms with Crippen LogP contribution in [-0.4, -0.2) is 49.0 Å². The second-order valence-electron chi connectivity index (χ2n) is 6.12. The number of halogens is 2. The summed E-state index contributed by atoms with van der Waals surface area (Å²) in [6, 6.07) is 7.64. The fraction of sp³-hybridized carbons (Fsp3) is 0.333. The lowest BCUT2D eigenvalue weighted by Gasteiger charge is -2.33. The summed E-state index contributed by atoms with van der Waals surface area (Å²) in [5.41, 5.74) is 1.15. The van der Waals surface area contributed by atoms with E-state index in [0.717, 1.165) is 43.6 Å². The van der Waals surface area contributed by atoms with E-state index in [1.165, 1.54) is 12.1 Å². The maximum absolute atomic E-state index is 13.0. The zero-order valence-electron chi connectivity index (χ0n) is 14.0. The fourth-order valence-electron chi connectivity index (χ4n) is 2.70. The molecule has 1 aliphatic rings. The first-order chi connectivity index (χ1) is 12.0. The molecule has 0 atom stereocenters. The Bertz CT molecular complexity index is 745. The SMILES string of the molecule is CN1CCN(c2ccc(CNC(=O)c3ccc(F)cc3Cl)cn2)CC1. The molecular formula is C18H20ClFN4O. The minimum Gasteiger partial charge on any atom is -0.354 e. The van der Waals surface area contributed by atoms with Crippen molar-refractivity contribution >= 4 is 23.3 Å². The normalized spacial score (nSPS) is 15.2. The first kappa shape index (κ1) is 17.6. The first-order valence-corrected chi connectivity index (χ1v) is 8.52. The van der Waals surface area contributed by atoms with Gasteiger partial charge < -0.3 is 15.1 Å². The minimum absolute atomic E-state index is 0.0982. The van der Waals surface area contributed by atoms with Crippen LogP contribution in [0, 0.1) is 5.82 Å². The molecule has 0 spiro atoms. The van der Waals surface area contributed by atoms with Crippen molar-refractivity contribution in [2.45, 2.75) is 6.54 Å². The second-order valence-corrected chi connectivity index (χ2v) is 6.53. The third kappa shape index (κ3) is 4.46. The van der Waals surface area contributed by atoms with Gasteiger partial charge in [-0.05, 0) is 36.9 Å². The lowest BCUT2D eigenvalue weighted by atomic mass is 10.2. The third-order valence-electron chi connectivity index (χ3n) is 4.27. The van der Waals surface area contributed by atoms with E-state index < -0.39 is 5.82 Å². The van der Waals surface area contributed by atoms with Gasteiger partial charge in [0, 0.05) is 38.9 Å².